The second kappa shape index (κ2) is 10.0. The number of nitrogens with zero attached hydrogens (tertiary/aromatic N) is 5. The Bertz CT molecular complexity index is 829. The molecule has 1 aromatic carbocycles. The standard InChI is InChI=1S/C22H32FN5O2/c1-5-20(29)28(13-10-25(2)3)16-19-21(17-6-8-18(23)9-7-17)24-30-22(19)27-14-11-26(4)12-15-27/h6-9H,5,10-16H2,1-4H3. The van der Waals surface area contributed by atoms with E-state index in [-0.39, 0.29) is 11.7 Å². The molecule has 1 saturated heterocycles. The number of anilines is 1. The van der Waals surface area contributed by atoms with Crippen molar-refractivity contribution in [3.8, 4) is 11.3 Å². The summed E-state index contributed by atoms with van der Waals surface area (Å²) in [5.41, 5.74) is 2.33. The highest BCUT2D eigenvalue weighted by Gasteiger charge is 2.27. The van der Waals surface area contributed by atoms with Crippen LogP contribution in [0.3, 0.4) is 0 Å². The van der Waals surface area contributed by atoms with Crippen LogP contribution >= 0.6 is 0 Å². The van der Waals surface area contributed by atoms with E-state index >= 15 is 0 Å². The Morgan fingerprint density at radius 3 is 2.40 bits per heavy atom. The molecule has 0 aliphatic carbocycles. The molecular weight excluding hydrogens is 385 g/mol. The summed E-state index contributed by atoms with van der Waals surface area (Å²) < 4.78 is 19.3. The molecule has 0 saturated carbocycles. The predicted octanol–water partition coefficient (Wildman–Crippen LogP) is 2.53. The molecule has 8 heteroatoms. The Morgan fingerprint density at radius 2 is 1.80 bits per heavy atom. The van der Waals surface area contributed by atoms with Gasteiger partial charge in [0.2, 0.25) is 11.8 Å². The number of piperazine rings is 1. The molecule has 1 aliphatic rings. The number of hydrogen-bond donors (Lipinski definition) is 0. The van der Waals surface area contributed by atoms with Crippen LogP contribution in [0.5, 0.6) is 0 Å². The molecule has 0 bridgehead atoms. The molecule has 0 unspecified atom stereocenters. The minimum atomic E-state index is -0.295. The average molecular weight is 418 g/mol. The van der Waals surface area contributed by atoms with Crippen molar-refractivity contribution in [1.29, 1.82) is 0 Å². The predicted molar refractivity (Wildman–Crippen MR) is 116 cm³/mol. The fraction of sp³-hybridized carbons (Fsp3) is 0.545. The normalized spacial score (nSPS) is 15.1. The molecular formula is C22H32FN5O2. The van der Waals surface area contributed by atoms with Crippen molar-refractivity contribution in [2.24, 2.45) is 0 Å². The summed E-state index contributed by atoms with van der Waals surface area (Å²) in [5, 5.41) is 4.34. The summed E-state index contributed by atoms with van der Waals surface area (Å²) in [7, 11) is 6.09. The van der Waals surface area contributed by atoms with E-state index in [1.807, 2.05) is 25.9 Å². The molecule has 1 aliphatic heterocycles. The minimum absolute atomic E-state index is 0.0902. The van der Waals surface area contributed by atoms with Gasteiger partial charge in [-0.15, -0.1) is 0 Å². The summed E-state index contributed by atoms with van der Waals surface area (Å²) in [4.78, 5) is 21.0. The van der Waals surface area contributed by atoms with Gasteiger partial charge < -0.3 is 24.1 Å². The molecule has 1 fully saturated rings. The number of likely N-dealkylation sites (N-methyl/N-ethyl adjacent to an activating group) is 2. The summed E-state index contributed by atoms with van der Waals surface area (Å²) in [6, 6.07) is 6.25. The molecule has 1 amide bonds. The topological polar surface area (TPSA) is 56.1 Å². The highest BCUT2D eigenvalue weighted by Crippen LogP contribution is 2.33. The zero-order valence-electron chi connectivity index (χ0n) is 18.4. The zero-order chi connectivity index (χ0) is 21.7. The summed E-state index contributed by atoms with van der Waals surface area (Å²) in [5.74, 6) is 0.505. The van der Waals surface area contributed by atoms with Gasteiger partial charge in [-0.05, 0) is 45.4 Å². The molecule has 164 valence electrons. The number of hydrogen-bond acceptors (Lipinski definition) is 6. The van der Waals surface area contributed by atoms with E-state index in [0.717, 1.165) is 43.9 Å². The molecule has 0 atom stereocenters. The van der Waals surface area contributed by atoms with Crippen LogP contribution in [0.4, 0.5) is 10.3 Å². The Morgan fingerprint density at radius 1 is 1.13 bits per heavy atom. The van der Waals surface area contributed by atoms with Crippen molar-refractivity contribution in [1.82, 2.24) is 19.9 Å². The molecule has 0 radical (unpaired) electrons. The first-order valence-electron chi connectivity index (χ1n) is 10.5. The Hall–Kier alpha value is -2.45. The fourth-order valence-corrected chi connectivity index (χ4v) is 3.56. The lowest BCUT2D eigenvalue weighted by Gasteiger charge is -2.33. The molecule has 0 N–H and O–H groups in total. The van der Waals surface area contributed by atoms with E-state index in [1.54, 1.807) is 12.1 Å². The van der Waals surface area contributed by atoms with Crippen molar-refractivity contribution in [3.05, 3.63) is 35.6 Å². The van der Waals surface area contributed by atoms with E-state index in [4.69, 9.17) is 4.52 Å². The summed E-state index contributed by atoms with van der Waals surface area (Å²) in [6.07, 6.45) is 0.439. The van der Waals surface area contributed by atoms with E-state index in [1.165, 1.54) is 12.1 Å². The number of carbonyl (C=O) groups is 1. The largest absolute Gasteiger partial charge is 0.338 e. The quantitative estimate of drug-likeness (QED) is 0.658. The fourth-order valence-electron chi connectivity index (χ4n) is 3.56. The average Bonchev–Trinajstić information content (AvgIpc) is 3.15. The lowest BCUT2D eigenvalue weighted by molar-refractivity contribution is -0.131. The molecule has 7 nitrogen and oxygen atoms in total. The minimum Gasteiger partial charge on any atom is -0.338 e. The molecule has 1 aromatic heterocycles. The first-order valence-corrected chi connectivity index (χ1v) is 10.5. The maximum Gasteiger partial charge on any atom is 0.232 e. The van der Waals surface area contributed by atoms with Gasteiger partial charge in [-0.1, -0.05) is 12.1 Å². The molecule has 2 heterocycles. The van der Waals surface area contributed by atoms with Gasteiger partial charge >= 0.3 is 0 Å². The van der Waals surface area contributed by atoms with Crippen LogP contribution in [0.25, 0.3) is 11.3 Å². The van der Waals surface area contributed by atoms with Crippen molar-refractivity contribution in [2.45, 2.75) is 19.9 Å². The smallest absolute Gasteiger partial charge is 0.232 e. The molecule has 0 spiro atoms. The van der Waals surface area contributed by atoms with Crippen molar-refractivity contribution in [3.63, 3.8) is 0 Å². The van der Waals surface area contributed by atoms with Gasteiger partial charge in [0.05, 0.1) is 12.1 Å². The van der Waals surface area contributed by atoms with E-state index in [9.17, 15) is 9.18 Å². The Kier molecular flexibility index (Phi) is 7.44. The van der Waals surface area contributed by atoms with Crippen molar-refractivity contribution in [2.75, 3.05) is 65.3 Å². The van der Waals surface area contributed by atoms with E-state index in [2.05, 4.69) is 26.9 Å². The van der Waals surface area contributed by atoms with Gasteiger partial charge in [0.15, 0.2) is 0 Å². The van der Waals surface area contributed by atoms with Gasteiger partial charge in [0.25, 0.3) is 0 Å². The number of rotatable bonds is 8. The highest BCUT2D eigenvalue weighted by atomic mass is 19.1. The Labute approximate surface area is 178 Å². The summed E-state index contributed by atoms with van der Waals surface area (Å²) in [6.45, 7) is 7.22. The number of aromatic nitrogens is 1. The van der Waals surface area contributed by atoms with Crippen LogP contribution in [-0.2, 0) is 11.3 Å². The Balaban J connectivity index is 1.96. The maximum absolute atomic E-state index is 13.5. The molecule has 30 heavy (non-hydrogen) atoms. The number of halogens is 1. The SMILES string of the molecule is CCC(=O)N(CCN(C)C)Cc1c(-c2ccc(F)cc2)noc1N1CCN(C)CC1. The highest BCUT2D eigenvalue weighted by molar-refractivity contribution is 5.77. The van der Waals surface area contributed by atoms with Gasteiger partial charge in [0.1, 0.15) is 11.5 Å². The lowest BCUT2D eigenvalue weighted by Crippen LogP contribution is -2.45. The zero-order valence-corrected chi connectivity index (χ0v) is 18.4. The van der Waals surface area contributed by atoms with Gasteiger partial charge in [-0.2, -0.15) is 0 Å². The molecule has 2 aromatic rings. The number of benzene rings is 1. The third kappa shape index (κ3) is 5.37. The third-order valence-electron chi connectivity index (χ3n) is 5.50. The van der Waals surface area contributed by atoms with E-state index in [0.29, 0.717) is 31.1 Å². The van der Waals surface area contributed by atoms with Crippen LogP contribution in [0.2, 0.25) is 0 Å². The van der Waals surface area contributed by atoms with Crippen LogP contribution < -0.4 is 4.90 Å². The summed E-state index contributed by atoms with van der Waals surface area (Å²) >= 11 is 0. The first-order chi connectivity index (χ1) is 14.4. The van der Waals surface area contributed by atoms with Crippen LogP contribution in [0.1, 0.15) is 18.9 Å². The van der Waals surface area contributed by atoms with Gasteiger partial charge in [0, 0.05) is 51.3 Å². The van der Waals surface area contributed by atoms with Gasteiger partial charge in [-0.3, -0.25) is 4.79 Å². The third-order valence-corrected chi connectivity index (χ3v) is 5.50. The first kappa shape index (κ1) is 22.2. The van der Waals surface area contributed by atoms with Crippen molar-refractivity contribution < 1.29 is 13.7 Å². The monoisotopic (exact) mass is 417 g/mol. The van der Waals surface area contributed by atoms with E-state index < -0.39 is 0 Å². The van der Waals surface area contributed by atoms with Crippen LogP contribution in [0.15, 0.2) is 28.8 Å². The van der Waals surface area contributed by atoms with Gasteiger partial charge in [-0.25, -0.2) is 4.39 Å². The van der Waals surface area contributed by atoms with Crippen LogP contribution in [0, 0.1) is 5.82 Å². The van der Waals surface area contributed by atoms with Crippen LogP contribution in [-0.4, -0.2) is 86.2 Å². The number of carbonyl (C=O) groups excluding carboxylic acids is 1. The van der Waals surface area contributed by atoms with Crippen molar-refractivity contribution >= 4 is 11.8 Å². The molecule has 3 rings (SSSR count). The number of amides is 1. The second-order valence-electron chi connectivity index (χ2n) is 8.08. The maximum atomic E-state index is 13.5. The lowest BCUT2D eigenvalue weighted by atomic mass is 10.1. The second-order valence-corrected chi connectivity index (χ2v) is 8.08.